The fraction of sp³-hybridized carbons (Fsp3) is 0.500. The Balaban J connectivity index is 3.03. The monoisotopic (exact) mass is 193 g/mol. The predicted octanol–water partition coefficient (Wildman–Crippen LogP) is 1.59. The maximum absolute atomic E-state index is 9.08. The molecule has 0 heterocycles. The SMILES string of the molecule is Cc1cccc(C(C)(C)C(N)CO)c1. The van der Waals surface area contributed by atoms with E-state index in [-0.39, 0.29) is 18.1 Å². The first-order valence-corrected chi connectivity index (χ1v) is 4.92. The molecule has 0 saturated carbocycles. The summed E-state index contributed by atoms with van der Waals surface area (Å²) in [4.78, 5) is 0. The standard InChI is InChI=1S/C12H19NO/c1-9-5-4-6-10(7-9)12(2,3)11(13)8-14/h4-7,11,14H,8,13H2,1-3H3. The van der Waals surface area contributed by atoms with Gasteiger partial charge in [-0.05, 0) is 12.5 Å². The van der Waals surface area contributed by atoms with Gasteiger partial charge in [-0.3, -0.25) is 0 Å². The van der Waals surface area contributed by atoms with Crippen LogP contribution in [-0.2, 0) is 5.41 Å². The van der Waals surface area contributed by atoms with Crippen LogP contribution in [0.3, 0.4) is 0 Å². The molecule has 14 heavy (non-hydrogen) atoms. The van der Waals surface area contributed by atoms with Gasteiger partial charge in [0.15, 0.2) is 0 Å². The molecule has 1 aromatic rings. The quantitative estimate of drug-likeness (QED) is 0.765. The second kappa shape index (κ2) is 4.11. The van der Waals surface area contributed by atoms with Crippen molar-refractivity contribution < 1.29 is 5.11 Å². The maximum atomic E-state index is 9.08. The van der Waals surface area contributed by atoms with Gasteiger partial charge in [0.1, 0.15) is 0 Å². The van der Waals surface area contributed by atoms with Crippen LogP contribution in [0.15, 0.2) is 24.3 Å². The number of rotatable bonds is 3. The molecule has 1 aromatic carbocycles. The summed E-state index contributed by atoms with van der Waals surface area (Å²) in [5.74, 6) is 0. The van der Waals surface area contributed by atoms with Gasteiger partial charge in [-0.25, -0.2) is 0 Å². The van der Waals surface area contributed by atoms with Gasteiger partial charge in [-0.2, -0.15) is 0 Å². The van der Waals surface area contributed by atoms with E-state index >= 15 is 0 Å². The van der Waals surface area contributed by atoms with Crippen LogP contribution in [0.25, 0.3) is 0 Å². The average Bonchev–Trinajstić information content (AvgIpc) is 2.16. The number of aliphatic hydroxyl groups is 1. The summed E-state index contributed by atoms with van der Waals surface area (Å²) in [6.07, 6.45) is 0. The molecule has 1 atom stereocenters. The zero-order valence-electron chi connectivity index (χ0n) is 9.12. The number of benzene rings is 1. The molecule has 0 fully saturated rings. The Bertz CT molecular complexity index is 307. The summed E-state index contributed by atoms with van der Waals surface area (Å²) in [5, 5.41) is 9.08. The lowest BCUT2D eigenvalue weighted by molar-refractivity contribution is 0.220. The smallest absolute Gasteiger partial charge is 0.0591 e. The maximum Gasteiger partial charge on any atom is 0.0591 e. The molecule has 0 aliphatic carbocycles. The second-order valence-electron chi connectivity index (χ2n) is 4.38. The van der Waals surface area contributed by atoms with E-state index < -0.39 is 0 Å². The molecule has 0 aromatic heterocycles. The molecular weight excluding hydrogens is 174 g/mol. The lowest BCUT2D eigenvalue weighted by Crippen LogP contribution is -2.43. The van der Waals surface area contributed by atoms with Crippen molar-refractivity contribution in [3.8, 4) is 0 Å². The molecule has 0 aliphatic rings. The van der Waals surface area contributed by atoms with Crippen molar-refractivity contribution in [2.45, 2.75) is 32.2 Å². The van der Waals surface area contributed by atoms with Crippen LogP contribution in [0.5, 0.6) is 0 Å². The Morgan fingerprint density at radius 3 is 2.57 bits per heavy atom. The number of hydrogen-bond acceptors (Lipinski definition) is 2. The zero-order valence-corrected chi connectivity index (χ0v) is 9.12. The first-order chi connectivity index (χ1) is 6.48. The van der Waals surface area contributed by atoms with E-state index in [0.29, 0.717) is 0 Å². The van der Waals surface area contributed by atoms with E-state index in [1.807, 2.05) is 6.07 Å². The minimum absolute atomic E-state index is 0.0148. The molecule has 0 saturated heterocycles. The highest BCUT2D eigenvalue weighted by Gasteiger charge is 2.27. The first kappa shape index (κ1) is 11.2. The van der Waals surface area contributed by atoms with Gasteiger partial charge in [0, 0.05) is 11.5 Å². The second-order valence-corrected chi connectivity index (χ2v) is 4.38. The van der Waals surface area contributed by atoms with E-state index in [9.17, 15) is 0 Å². The largest absolute Gasteiger partial charge is 0.395 e. The average molecular weight is 193 g/mol. The van der Waals surface area contributed by atoms with Crippen molar-refractivity contribution in [3.63, 3.8) is 0 Å². The Labute approximate surface area is 85.8 Å². The molecule has 2 heteroatoms. The first-order valence-electron chi connectivity index (χ1n) is 4.92. The van der Waals surface area contributed by atoms with Crippen LogP contribution in [0, 0.1) is 6.92 Å². The number of aliphatic hydroxyl groups excluding tert-OH is 1. The summed E-state index contributed by atoms with van der Waals surface area (Å²) >= 11 is 0. The van der Waals surface area contributed by atoms with Crippen LogP contribution in [0.4, 0.5) is 0 Å². The van der Waals surface area contributed by atoms with Crippen molar-refractivity contribution in [2.75, 3.05) is 6.61 Å². The molecule has 0 spiro atoms. The third-order valence-electron chi connectivity index (χ3n) is 2.89. The van der Waals surface area contributed by atoms with Gasteiger partial charge >= 0.3 is 0 Å². The Hall–Kier alpha value is -0.860. The van der Waals surface area contributed by atoms with Gasteiger partial charge in [0.05, 0.1) is 6.61 Å². The van der Waals surface area contributed by atoms with E-state index in [2.05, 4.69) is 39.0 Å². The molecule has 1 unspecified atom stereocenters. The summed E-state index contributed by atoms with van der Waals surface area (Å²) in [5.41, 5.74) is 8.11. The van der Waals surface area contributed by atoms with Gasteiger partial charge in [0.2, 0.25) is 0 Å². The molecular formula is C12H19NO. The summed E-state index contributed by atoms with van der Waals surface area (Å²) < 4.78 is 0. The van der Waals surface area contributed by atoms with Gasteiger partial charge in [0.25, 0.3) is 0 Å². The van der Waals surface area contributed by atoms with Crippen LogP contribution < -0.4 is 5.73 Å². The predicted molar refractivity (Wildman–Crippen MR) is 59.3 cm³/mol. The minimum atomic E-state index is -0.218. The van der Waals surface area contributed by atoms with Crippen LogP contribution in [0.1, 0.15) is 25.0 Å². The molecule has 1 rings (SSSR count). The Morgan fingerprint density at radius 2 is 2.07 bits per heavy atom. The van der Waals surface area contributed by atoms with E-state index in [4.69, 9.17) is 10.8 Å². The summed E-state index contributed by atoms with van der Waals surface area (Å²) in [6.45, 7) is 6.19. The van der Waals surface area contributed by atoms with E-state index in [0.717, 1.165) is 0 Å². The van der Waals surface area contributed by atoms with Crippen LogP contribution in [0.2, 0.25) is 0 Å². The fourth-order valence-electron chi connectivity index (χ4n) is 1.49. The molecule has 3 N–H and O–H groups in total. The molecule has 78 valence electrons. The topological polar surface area (TPSA) is 46.2 Å². The van der Waals surface area contributed by atoms with Crippen LogP contribution in [-0.4, -0.2) is 17.8 Å². The number of hydrogen-bond donors (Lipinski definition) is 2. The fourth-order valence-corrected chi connectivity index (χ4v) is 1.49. The van der Waals surface area contributed by atoms with Crippen molar-refractivity contribution in [1.29, 1.82) is 0 Å². The molecule has 0 amide bonds. The highest BCUT2D eigenvalue weighted by Crippen LogP contribution is 2.26. The van der Waals surface area contributed by atoms with Crippen LogP contribution >= 0.6 is 0 Å². The minimum Gasteiger partial charge on any atom is -0.395 e. The van der Waals surface area contributed by atoms with Gasteiger partial charge < -0.3 is 10.8 Å². The normalized spacial score (nSPS) is 14.1. The summed E-state index contributed by atoms with van der Waals surface area (Å²) in [7, 11) is 0. The van der Waals surface area contributed by atoms with E-state index in [1.54, 1.807) is 0 Å². The van der Waals surface area contributed by atoms with Crippen molar-refractivity contribution >= 4 is 0 Å². The zero-order chi connectivity index (χ0) is 10.8. The highest BCUT2D eigenvalue weighted by atomic mass is 16.3. The lowest BCUT2D eigenvalue weighted by Gasteiger charge is -2.31. The van der Waals surface area contributed by atoms with Crippen molar-refractivity contribution in [3.05, 3.63) is 35.4 Å². The summed E-state index contributed by atoms with van der Waals surface area (Å²) in [6, 6.07) is 8.04. The van der Waals surface area contributed by atoms with Gasteiger partial charge in [-0.1, -0.05) is 43.7 Å². The molecule has 0 radical (unpaired) electrons. The molecule has 2 nitrogen and oxygen atoms in total. The highest BCUT2D eigenvalue weighted by molar-refractivity contribution is 5.29. The van der Waals surface area contributed by atoms with Gasteiger partial charge in [-0.15, -0.1) is 0 Å². The number of aryl methyl sites for hydroxylation is 1. The third-order valence-corrected chi connectivity index (χ3v) is 2.89. The molecule has 0 bridgehead atoms. The number of nitrogens with two attached hydrogens (primary N) is 1. The third kappa shape index (κ3) is 2.14. The molecule has 0 aliphatic heterocycles. The van der Waals surface area contributed by atoms with E-state index in [1.165, 1.54) is 11.1 Å². The Kier molecular flexibility index (Phi) is 3.29. The lowest BCUT2D eigenvalue weighted by atomic mass is 9.78. The van der Waals surface area contributed by atoms with Crippen molar-refractivity contribution in [2.24, 2.45) is 5.73 Å². The van der Waals surface area contributed by atoms with Crippen molar-refractivity contribution in [1.82, 2.24) is 0 Å². The Morgan fingerprint density at radius 1 is 1.43 bits per heavy atom.